The maximum atomic E-state index is 13.7. The predicted molar refractivity (Wildman–Crippen MR) is 154 cm³/mol. The van der Waals surface area contributed by atoms with Gasteiger partial charge in [0.1, 0.15) is 6.54 Å². The normalized spacial score (nSPS) is 14.8. The van der Waals surface area contributed by atoms with E-state index in [-0.39, 0.29) is 30.9 Å². The highest BCUT2D eigenvalue weighted by atomic mass is 16.5. The number of nitrogens with one attached hydrogen (secondary N) is 2. The Hall–Kier alpha value is -4.50. The molecule has 1 saturated heterocycles. The lowest BCUT2D eigenvalue weighted by Gasteiger charge is -2.15. The standard InChI is InChI=1S/C31H32N4O5/c1-20-9-10-21(2)26(16-20)33-29(37)19-34-27-8-4-3-7-25(27)30(38)35(31(34)39)23-13-11-22(12-14-23)17-28(36)32-18-24-6-5-15-40-24/h3-4,7-14,16,24H,5-6,15,17-19H2,1-2H3,(H,32,36)(H,33,37)/t24-/m0/s1. The number of para-hydroxylation sites is 1. The Morgan fingerprint density at radius 3 is 2.50 bits per heavy atom. The number of nitrogens with zero attached hydrogens (tertiary/aromatic N) is 2. The number of carbonyl (C=O) groups excluding carboxylic acids is 2. The van der Waals surface area contributed by atoms with Crippen molar-refractivity contribution in [3.63, 3.8) is 0 Å². The van der Waals surface area contributed by atoms with E-state index in [1.54, 1.807) is 48.5 Å². The lowest BCUT2D eigenvalue weighted by atomic mass is 10.1. The monoisotopic (exact) mass is 540 g/mol. The molecular weight excluding hydrogens is 508 g/mol. The molecule has 206 valence electrons. The Bertz CT molecular complexity index is 1680. The zero-order valence-corrected chi connectivity index (χ0v) is 22.6. The van der Waals surface area contributed by atoms with Gasteiger partial charge in [-0.3, -0.25) is 19.0 Å². The summed E-state index contributed by atoms with van der Waals surface area (Å²) in [5.74, 6) is -0.501. The number of benzene rings is 3. The molecule has 0 spiro atoms. The molecule has 2 N–H and O–H groups in total. The molecule has 1 aliphatic rings. The molecule has 9 heteroatoms. The van der Waals surface area contributed by atoms with Gasteiger partial charge in [0.25, 0.3) is 5.56 Å². The third kappa shape index (κ3) is 5.89. The molecule has 1 aliphatic heterocycles. The first-order valence-electron chi connectivity index (χ1n) is 13.4. The van der Waals surface area contributed by atoms with E-state index in [1.807, 2.05) is 32.0 Å². The molecule has 4 aromatic rings. The molecule has 0 saturated carbocycles. The van der Waals surface area contributed by atoms with Gasteiger partial charge >= 0.3 is 5.69 Å². The second kappa shape index (κ2) is 11.7. The second-order valence-corrected chi connectivity index (χ2v) is 10.2. The van der Waals surface area contributed by atoms with Gasteiger partial charge in [-0.2, -0.15) is 0 Å². The summed E-state index contributed by atoms with van der Waals surface area (Å²) in [7, 11) is 0. The van der Waals surface area contributed by atoms with E-state index in [0.29, 0.717) is 28.8 Å². The van der Waals surface area contributed by atoms with Crippen molar-refractivity contribution in [3.8, 4) is 5.69 Å². The molecule has 1 fully saturated rings. The van der Waals surface area contributed by atoms with Crippen molar-refractivity contribution in [3.05, 3.63) is 104 Å². The van der Waals surface area contributed by atoms with Crippen LogP contribution in [-0.2, 0) is 27.3 Å². The summed E-state index contributed by atoms with van der Waals surface area (Å²) < 4.78 is 7.91. The third-order valence-electron chi connectivity index (χ3n) is 7.13. The fraction of sp³-hybridized carbons (Fsp3) is 0.290. The zero-order chi connectivity index (χ0) is 28.2. The molecule has 0 radical (unpaired) electrons. The van der Waals surface area contributed by atoms with Gasteiger partial charge in [0.2, 0.25) is 11.8 Å². The number of fused-ring (bicyclic) bond motifs is 1. The number of rotatable bonds is 8. The maximum Gasteiger partial charge on any atom is 0.336 e. The van der Waals surface area contributed by atoms with Crippen molar-refractivity contribution in [1.82, 2.24) is 14.5 Å². The quantitative estimate of drug-likeness (QED) is 0.357. The fourth-order valence-corrected chi connectivity index (χ4v) is 4.95. The summed E-state index contributed by atoms with van der Waals surface area (Å²) in [4.78, 5) is 52.5. The minimum absolute atomic E-state index is 0.0659. The van der Waals surface area contributed by atoms with Crippen LogP contribution in [0.15, 0.2) is 76.3 Å². The van der Waals surface area contributed by atoms with Crippen LogP contribution in [0.3, 0.4) is 0 Å². The van der Waals surface area contributed by atoms with E-state index in [1.165, 1.54) is 4.57 Å². The summed E-state index contributed by atoms with van der Waals surface area (Å²) in [6, 6.07) is 19.2. The number of carbonyl (C=O) groups is 2. The van der Waals surface area contributed by atoms with Crippen molar-refractivity contribution in [2.75, 3.05) is 18.5 Å². The molecule has 1 atom stereocenters. The number of amides is 2. The van der Waals surface area contributed by atoms with E-state index >= 15 is 0 Å². The highest BCUT2D eigenvalue weighted by Crippen LogP contribution is 2.17. The molecule has 1 aromatic heterocycles. The maximum absolute atomic E-state index is 13.7. The molecule has 0 bridgehead atoms. The third-order valence-corrected chi connectivity index (χ3v) is 7.13. The van der Waals surface area contributed by atoms with Crippen molar-refractivity contribution >= 4 is 28.4 Å². The zero-order valence-electron chi connectivity index (χ0n) is 22.6. The van der Waals surface area contributed by atoms with Crippen LogP contribution in [0.4, 0.5) is 5.69 Å². The molecule has 5 rings (SSSR count). The summed E-state index contributed by atoms with van der Waals surface area (Å²) >= 11 is 0. The second-order valence-electron chi connectivity index (χ2n) is 10.2. The molecule has 2 heterocycles. The van der Waals surface area contributed by atoms with Crippen LogP contribution in [0.25, 0.3) is 16.6 Å². The molecule has 9 nitrogen and oxygen atoms in total. The first-order chi connectivity index (χ1) is 19.3. The topological polar surface area (TPSA) is 111 Å². The van der Waals surface area contributed by atoms with Gasteiger partial charge in [-0.05, 0) is 73.7 Å². The van der Waals surface area contributed by atoms with E-state index < -0.39 is 11.2 Å². The number of hydrogen-bond donors (Lipinski definition) is 2. The summed E-state index contributed by atoms with van der Waals surface area (Å²) in [5.41, 5.74) is 2.96. The Morgan fingerprint density at radius 2 is 1.75 bits per heavy atom. The van der Waals surface area contributed by atoms with E-state index in [2.05, 4.69) is 10.6 Å². The minimum Gasteiger partial charge on any atom is -0.376 e. The van der Waals surface area contributed by atoms with E-state index in [4.69, 9.17) is 4.74 Å². The molecule has 0 unspecified atom stereocenters. The molecule has 3 aromatic carbocycles. The Morgan fingerprint density at radius 1 is 0.975 bits per heavy atom. The average Bonchev–Trinajstić information content (AvgIpc) is 3.47. The molecule has 40 heavy (non-hydrogen) atoms. The predicted octanol–water partition coefficient (Wildman–Crippen LogP) is 3.25. The van der Waals surface area contributed by atoms with Gasteiger partial charge in [-0.1, -0.05) is 36.4 Å². The average molecular weight is 541 g/mol. The molecular formula is C31H32N4O5. The molecule has 2 amide bonds. The van der Waals surface area contributed by atoms with Gasteiger partial charge in [-0.25, -0.2) is 9.36 Å². The highest BCUT2D eigenvalue weighted by Gasteiger charge is 2.18. The lowest BCUT2D eigenvalue weighted by Crippen LogP contribution is -2.40. The highest BCUT2D eigenvalue weighted by molar-refractivity contribution is 5.92. The van der Waals surface area contributed by atoms with Crippen LogP contribution in [0.5, 0.6) is 0 Å². The van der Waals surface area contributed by atoms with Crippen molar-refractivity contribution < 1.29 is 14.3 Å². The van der Waals surface area contributed by atoms with Gasteiger partial charge in [0.15, 0.2) is 0 Å². The Kier molecular flexibility index (Phi) is 7.93. The van der Waals surface area contributed by atoms with Crippen LogP contribution in [-0.4, -0.2) is 40.2 Å². The Balaban J connectivity index is 1.41. The van der Waals surface area contributed by atoms with Crippen molar-refractivity contribution in [1.29, 1.82) is 0 Å². The lowest BCUT2D eigenvalue weighted by molar-refractivity contribution is -0.121. The first-order valence-corrected chi connectivity index (χ1v) is 13.4. The number of ether oxygens (including phenoxy) is 1. The van der Waals surface area contributed by atoms with Crippen LogP contribution < -0.4 is 21.9 Å². The van der Waals surface area contributed by atoms with Crippen molar-refractivity contribution in [2.45, 2.75) is 45.8 Å². The summed E-state index contributed by atoms with van der Waals surface area (Å²) in [6.45, 7) is 4.78. The minimum atomic E-state index is -0.623. The SMILES string of the molecule is Cc1ccc(C)c(NC(=O)Cn2c(=O)n(-c3ccc(CC(=O)NC[C@@H]4CCCO4)cc3)c(=O)c3ccccc32)c1. The van der Waals surface area contributed by atoms with Gasteiger partial charge < -0.3 is 15.4 Å². The van der Waals surface area contributed by atoms with Crippen LogP contribution in [0.1, 0.15) is 29.5 Å². The summed E-state index contributed by atoms with van der Waals surface area (Å²) in [6.07, 6.45) is 2.19. The smallest absolute Gasteiger partial charge is 0.336 e. The number of aryl methyl sites for hydroxylation is 2. The summed E-state index contributed by atoms with van der Waals surface area (Å²) in [5, 5.41) is 6.10. The van der Waals surface area contributed by atoms with E-state index in [0.717, 1.165) is 40.7 Å². The largest absolute Gasteiger partial charge is 0.376 e. The molecule has 0 aliphatic carbocycles. The van der Waals surface area contributed by atoms with Crippen LogP contribution >= 0.6 is 0 Å². The number of aromatic nitrogens is 2. The first kappa shape index (κ1) is 27.1. The van der Waals surface area contributed by atoms with Gasteiger partial charge in [-0.15, -0.1) is 0 Å². The number of anilines is 1. The van der Waals surface area contributed by atoms with Crippen molar-refractivity contribution in [2.24, 2.45) is 0 Å². The number of hydrogen-bond acceptors (Lipinski definition) is 5. The van der Waals surface area contributed by atoms with Crippen LogP contribution in [0.2, 0.25) is 0 Å². The van der Waals surface area contributed by atoms with Gasteiger partial charge in [0.05, 0.1) is 29.1 Å². The van der Waals surface area contributed by atoms with Crippen LogP contribution in [0, 0.1) is 13.8 Å². The van der Waals surface area contributed by atoms with E-state index in [9.17, 15) is 19.2 Å². The fourth-order valence-electron chi connectivity index (χ4n) is 4.95. The van der Waals surface area contributed by atoms with Gasteiger partial charge in [0, 0.05) is 18.8 Å². The Labute approximate surface area is 231 Å².